The first-order chi connectivity index (χ1) is 4.38. The minimum atomic E-state index is 0.262. The van der Waals surface area contributed by atoms with Crippen LogP contribution in [-0.4, -0.2) is 24.3 Å². The van der Waals surface area contributed by atoms with E-state index in [-0.39, 0.29) is 6.61 Å². The maximum absolute atomic E-state index is 8.69. The Morgan fingerprint density at radius 3 is 2.89 bits per heavy atom. The standard InChI is InChI=1S/C7H13NO/c1-2-3-6-4-8-7(6)5-9/h2,6-9H,1,3-5H2/t6-,7+/m1/s1. The van der Waals surface area contributed by atoms with Gasteiger partial charge < -0.3 is 10.4 Å². The zero-order valence-corrected chi connectivity index (χ0v) is 5.51. The van der Waals surface area contributed by atoms with E-state index in [1.165, 1.54) is 0 Å². The Hall–Kier alpha value is -0.340. The van der Waals surface area contributed by atoms with E-state index in [9.17, 15) is 0 Å². The summed E-state index contributed by atoms with van der Waals surface area (Å²) in [4.78, 5) is 0. The van der Waals surface area contributed by atoms with E-state index in [2.05, 4.69) is 11.9 Å². The number of hydrogen-bond acceptors (Lipinski definition) is 2. The van der Waals surface area contributed by atoms with Crippen molar-refractivity contribution >= 4 is 0 Å². The molecule has 1 fully saturated rings. The maximum Gasteiger partial charge on any atom is 0.0587 e. The molecule has 1 aliphatic heterocycles. The summed E-state index contributed by atoms with van der Waals surface area (Å²) in [7, 11) is 0. The zero-order valence-electron chi connectivity index (χ0n) is 5.51. The van der Waals surface area contributed by atoms with Crippen molar-refractivity contribution in [2.24, 2.45) is 5.92 Å². The first-order valence-electron chi connectivity index (χ1n) is 3.33. The van der Waals surface area contributed by atoms with Crippen molar-refractivity contribution in [1.82, 2.24) is 5.32 Å². The van der Waals surface area contributed by atoms with Crippen LogP contribution in [0.4, 0.5) is 0 Å². The highest BCUT2D eigenvalue weighted by molar-refractivity contribution is 4.91. The zero-order chi connectivity index (χ0) is 6.69. The van der Waals surface area contributed by atoms with Gasteiger partial charge in [-0.15, -0.1) is 6.58 Å². The van der Waals surface area contributed by atoms with E-state index in [4.69, 9.17) is 5.11 Å². The van der Waals surface area contributed by atoms with Gasteiger partial charge in [-0.3, -0.25) is 0 Å². The van der Waals surface area contributed by atoms with Crippen LogP contribution < -0.4 is 5.32 Å². The number of nitrogens with one attached hydrogen (secondary N) is 1. The lowest BCUT2D eigenvalue weighted by Crippen LogP contribution is -2.54. The molecule has 0 bridgehead atoms. The highest BCUT2D eigenvalue weighted by atomic mass is 16.3. The molecule has 0 spiro atoms. The van der Waals surface area contributed by atoms with Crippen molar-refractivity contribution in [1.29, 1.82) is 0 Å². The molecule has 2 nitrogen and oxygen atoms in total. The van der Waals surface area contributed by atoms with E-state index in [1.807, 2.05) is 6.08 Å². The minimum absolute atomic E-state index is 0.262. The summed E-state index contributed by atoms with van der Waals surface area (Å²) >= 11 is 0. The van der Waals surface area contributed by atoms with Crippen LogP contribution in [0.2, 0.25) is 0 Å². The van der Waals surface area contributed by atoms with Gasteiger partial charge in [-0.1, -0.05) is 6.08 Å². The lowest BCUT2D eigenvalue weighted by Gasteiger charge is -2.36. The van der Waals surface area contributed by atoms with Crippen LogP contribution >= 0.6 is 0 Å². The molecule has 1 saturated heterocycles. The van der Waals surface area contributed by atoms with Gasteiger partial charge in [0.2, 0.25) is 0 Å². The van der Waals surface area contributed by atoms with E-state index in [1.54, 1.807) is 0 Å². The summed E-state index contributed by atoms with van der Waals surface area (Å²) in [5.41, 5.74) is 0. The first kappa shape index (κ1) is 6.78. The fraction of sp³-hybridized carbons (Fsp3) is 0.714. The molecule has 1 heterocycles. The molecule has 1 rings (SSSR count). The molecule has 0 amide bonds. The largest absolute Gasteiger partial charge is 0.395 e. The molecular weight excluding hydrogens is 114 g/mol. The third kappa shape index (κ3) is 1.32. The van der Waals surface area contributed by atoms with Crippen molar-refractivity contribution in [3.05, 3.63) is 12.7 Å². The number of aliphatic hydroxyl groups is 1. The van der Waals surface area contributed by atoms with Crippen molar-refractivity contribution in [3.63, 3.8) is 0 Å². The fourth-order valence-electron chi connectivity index (χ4n) is 1.13. The van der Waals surface area contributed by atoms with Crippen molar-refractivity contribution in [2.75, 3.05) is 13.2 Å². The van der Waals surface area contributed by atoms with Gasteiger partial charge in [-0.05, 0) is 12.3 Å². The SMILES string of the molecule is C=CC[C@@H]1CN[C@H]1CO. The molecule has 2 atom stereocenters. The Balaban J connectivity index is 2.18. The van der Waals surface area contributed by atoms with Gasteiger partial charge in [0, 0.05) is 12.6 Å². The lowest BCUT2D eigenvalue weighted by molar-refractivity contribution is 0.137. The van der Waals surface area contributed by atoms with Gasteiger partial charge in [0.15, 0.2) is 0 Å². The molecule has 52 valence electrons. The Kier molecular flexibility index (Phi) is 2.25. The van der Waals surface area contributed by atoms with Gasteiger partial charge >= 0.3 is 0 Å². The molecule has 2 N–H and O–H groups in total. The van der Waals surface area contributed by atoms with E-state index in [0.717, 1.165) is 13.0 Å². The Bertz CT molecular complexity index is 101. The monoisotopic (exact) mass is 127 g/mol. The molecule has 0 unspecified atom stereocenters. The van der Waals surface area contributed by atoms with Crippen LogP contribution in [0.3, 0.4) is 0 Å². The van der Waals surface area contributed by atoms with E-state index < -0.39 is 0 Å². The molecule has 1 aliphatic rings. The number of hydrogen-bond donors (Lipinski definition) is 2. The molecular formula is C7H13NO. The average molecular weight is 127 g/mol. The van der Waals surface area contributed by atoms with E-state index >= 15 is 0 Å². The summed E-state index contributed by atoms with van der Waals surface area (Å²) in [6.45, 7) is 4.94. The van der Waals surface area contributed by atoms with Crippen LogP contribution in [0.25, 0.3) is 0 Å². The van der Waals surface area contributed by atoms with Gasteiger partial charge in [0.05, 0.1) is 6.61 Å². The summed E-state index contributed by atoms with van der Waals surface area (Å²) in [6.07, 6.45) is 2.94. The molecule has 0 aromatic rings. The smallest absolute Gasteiger partial charge is 0.0587 e. The number of allylic oxidation sites excluding steroid dienone is 1. The summed E-state index contributed by atoms with van der Waals surface area (Å²) < 4.78 is 0. The quantitative estimate of drug-likeness (QED) is 0.529. The molecule has 0 radical (unpaired) electrons. The predicted octanol–water partition coefficient (Wildman–Crippen LogP) is 0.143. The predicted molar refractivity (Wildman–Crippen MR) is 37.2 cm³/mol. The fourth-order valence-corrected chi connectivity index (χ4v) is 1.13. The molecule has 0 saturated carbocycles. The third-order valence-electron chi connectivity index (χ3n) is 1.88. The normalized spacial score (nSPS) is 33.4. The van der Waals surface area contributed by atoms with Gasteiger partial charge in [-0.25, -0.2) is 0 Å². The van der Waals surface area contributed by atoms with Gasteiger partial charge in [0.1, 0.15) is 0 Å². The Morgan fingerprint density at radius 1 is 1.78 bits per heavy atom. The number of aliphatic hydroxyl groups excluding tert-OH is 1. The highest BCUT2D eigenvalue weighted by Gasteiger charge is 2.27. The maximum atomic E-state index is 8.69. The van der Waals surface area contributed by atoms with Gasteiger partial charge in [-0.2, -0.15) is 0 Å². The molecule has 2 heteroatoms. The van der Waals surface area contributed by atoms with Gasteiger partial charge in [0.25, 0.3) is 0 Å². The van der Waals surface area contributed by atoms with Crippen molar-refractivity contribution < 1.29 is 5.11 Å². The summed E-state index contributed by atoms with van der Waals surface area (Å²) in [5, 5.41) is 11.8. The Labute approximate surface area is 55.6 Å². The second kappa shape index (κ2) is 2.99. The highest BCUT2D eigenvalue weighted by Crippen LogP contribution is 2.16. The minimum Gasteiger partial charge on any atom is -0.395 e. The molecule has 0 aromatic heterocycles. The second-order valence-electron chi connectivity index (χ2n) is 2.48. The number of rotatable bonds is 3. The van der Waals surface area contributed by atoms with Crippen LogP contribution in [0.5, 0.6) is 0 Å². The second-order valence-corrected chi connectivity index (χ2v) is 2.48. The first-order valence-corrected chi connectivity index (χ1v) is 3.33. The molecule has 0 aromatic carbocycles. The molecule has 9 heavy (non-hydrogen) atoms. The van der Waals surface area contributed by atoms with E-state index in [0.29, 0.717) is 12.0 Å². The van der Waals surface area contributed by atoms with Crippen LogP contribution in [0.15, 0.2) is 12.7 Å². The van der Waals surface area contributed by atoms with Crippen LogP contribution in [0.1, 0.15) is 6.42 Å². The average Bonchev–Trinajstić information content (AvgIpc) is 1.82. The molecule has 0 aliphatic carbocycles. The summed E-state index contributed by atoms with van der Waals surface area (Å²) in [5.74, 6) is 0.632. The van der Waals surface area contributed by atoms with Crippen LogP contribution in [-0.2, 0) is 0 Å². The Morgan fingerprint density at radius 2 is 2.56 bits per heavy atom. The summed E-state index contributed by atoms with van der Waals surface area (Å²) in [6, 6.07) is 0.336. The third-order valence-corrected chi connectivity index (χ3v) is 1.88. The van der Waals surface area contributed by atoms with Crippen molar-refractivity contribution in [3.8, 4) is 0 Å². The topological polar surface area (TPSA) is 32.3 Å². The van der Waals surface area contributed by atoms with Crippen LogP contribution in [0, 0.1) is 5.92 Å². The lowest BCUT2D eigenvalue weighted by atomic mass is 9.89. The van der Waals surface area contributed by atoms with Crippen molar-refractivity contribution in [2.45, 2.75) is 12.5 Å².